The predicted octanol–water partition coefficient (Wildman–Crippen LogP) is 4.89. The number of nitrogens with one attached hydrogen (secondary N) is 2. The predicted molar refractivity (Wildman–Crippen MR) is 119 cm³/mol. The fourth-order valence-electron chi connectivity index (χ4n) is 2.96. The second-order valence-electron chi connectivity index (χ2n) is 6.98. The zero-order valence-electron chi connectivity index (χ0n) is 17.4. The van der Waals surface area contributed by atoms with Crippen molar-refractivity contribution in [1.29, 1.82) is 0 Å². The summed E-state index contributed by atoms with van der Waals surface area (Å²) >= 11 is 0. The maximum absolute atomic E-state index is 14.0. The third kappa shape index (κ3) is 5.40. The van der Waals surface area contributed by atoms with E-state index in [0.717, 1.165) is 5.56 Å². The topological polar surface area (TPSA) is 84.5 Å². The number of sulfonamides is 1. The monoisotopic (exact) mass is 442 g/mol. The summed E-state index contributed by atoms with van der Waals surface area (Å²) in [5.74, 6) is -0.554. The summed E-state index contributed by atoms with van der Waals surface area (Å²) in [5.41, 5.74) is 1.74. The number of carbonyl (C=O) groups is 1. The van der Waals surface area contributed by atoms with Gasteiger partial charge in [-0.1, -0.05) is 12.1 Å². The van der Waals surface area contributed by atoms with E-state index in [0.29, 0.717) is 23.6 Å². The minimum atomic E-state index is -3.96. The summed E-state index contributed by atoms with van der Waals surface area (Å²) in [6.07, 6.45) is 0. The highest BCUT2D eigenvalue weighted by Crippen LogP contribution is 2.24. The number of amides is 1. The van der Waals surface area contributed by atoms with Crippen LogP contribution in [0.15, 0.2) is 65.6 Å². The molecular formula is C23H23FN2O4S. The van der Waals surface area contributed by atoms with Crippen LogP contribution < -0.4 is 14.8 Å². The first-order valence-corrected chi connectivity index (χ1v) is 11.1. The standard InChI is InChI=1S/C23H23FN2O4S/c1-4-30-19-10-8-18(9-11-19)26-31(28,29)22-14-17(7-6-16(22)3)23(27)25-21-13-15(2)5-12-20(21)24/h5-14,26H,4H2,1-3H3,(H,25,27). The van der Waals surface area contributed by atoms with Gasteiger partial charge in [-0.25, -0.2) is 12.8 Å². The Hall–Kier alpha value is -3.39. The molecule has 3 aromatic carbocycles. The zero-order chi connectivity index (χ0) is 22.6. The maximum atomic E-state index is 14.0. The molecule has 6 nitrogen and oxygen atoms in total. The molecule has 8 heteroatoms. The third-order valence-electron chi connectivity index (χ3n) is 4.53. The van der Waals surface area contributed by atoms with Gasteiger partial charge in [-0.15, -0.1) is 0 Å². The van der Waals surface area contributed by atoms with Crippen molar-refractivity contribution in [2.45, 2.75) is 25.7 Å². The van der Waals surface area contributed by atoms with Crippen LogP contribution >= 0.6 is 0 Å². The average molecular weight is 443 g/mol. The van der Waals surface area contributed by atoms with Gasteiger partial charge in [0.25, 0.3) is 15.9 Å². The molecule has 2 N–H and O–H groups in total. The molecule has 0 bridgehead atoms. The lowest BCUT2D eigenvalue weighted by molar-refractivity contribution is 0.102. The van der Waals surface area contributed by atoms with Crippen LogP contribution in [-0.4, -0.2) is 20.9 Å². The molecule has 3 rings (SSSR count). The quantitative estimate of drug-likeness (QED) is 0.545. The van der Waals surface area contributed by atoms with Crippen LogP contribution in [0.25, 0.3) is 0 Å². The van der Waals surface area contributed by atoms with Gasteiger partial charge in [0, 0.05) is 11.3 Å². The number of halogens is 1. The third-order valence-corrected chi connectivity index (χ3v) is 6.05. The second kappa shape index (κ2) is 9.18. The number of ether oxygens (including phenoxy) is 1. The molecule has 0 atom stereocenters. The molecule has 0 radical (unpaired) electrons. The van der Waals surface area contributed by atoms with E-state index in [1.165, 1.54) is 30.3 Å². The van der Waals surface area contributed by atoms with Crippen molar-refractivity contribution in [2.75, 3.05) is 16.6 Å². The lowest BCUT2D eigenvalue weighted by Crippen LogP contribution is -2.17. The Morgan fingerprint density at radius 2 is 1.71 bits per heavy atom. The molecule has 0 heterocycles. The number of rotatable bonds is 7. The van der Waals surface area contributed by atoms with Crippen LogP contribution in [0, 0.1) is 19.7 Å². The van der Waals surface area contributed by atoms with E-state index < -0.39 is 21.7 Å². The van der Waals surface area contributed by atoms with E-state index in [1.54, 1.807) is 44.2 Å². The van der Waals surface area contributed by atoms with Crippen molar-refractivity contribution in [1.82, 2.24) is 0 Å². The largest absolute Gasteiger partial charge is 0.494 e. The summed E-state index contributed by atoms with van der Waals surface area (Å²) in [5, 5.41) is 2.49. The van der Waals surface area contributed by atoms with Crippen molar-refractivity contribution in [3.05, 3.63) is 83.2 Å². The molecule has 0 aliphatic rings. The highest BCUT2D eigenvalue weighted by Gasteiger charge is 2.20. The van der Waals surface area contributed by atoms with Gasteiger partial charge >= 0.3 is 0 Å². The smallest absolute Gasteiger partial charge is 0.262 e. The van der Waals surface area contributed by atoms with E-state index >= 15 is 0 Å². The highest BCUT2D eigenvalue weighted by molar-refractivity contribution is 7.92. The molecular weight excluding hydrogens is 419 g/mol. The zero-order valence-corrected chi connectivity index (χ0v) is 18.2. The van der Waals surface area contributed by atoms with Crippen molar-refractivity contribution in [3.8, 4) is 5.75 Å². The van der Waals surface area contributed by atoms with Crippen molar-refractivity contribution < 1.29 is 22.3 Å². The second-order valence-corrected chi connectivity index (χ2v) is 8.63. The first-order chi connectivity index (χ1) is 14.7. The minimum Gasteiger partial charge on any atom is -0.494 e. The molecule has 3 aromatic rings. The van der Waals surface area contributed by atoms with Gasteiger partial charge in [-0.2, -0.15) is 0 Å². The normalized spacial score (nSPS) is 11.1. The average Bonchev–Trinajstić information content (AvgIpc) is 2.72. The van der Waals surface area contributed by atoms with Gasteiger partial charge in [0.1, 0.15) is 11.6 Å². The SMILES string of the molecule is CCOc1ccc(NS(=O)(=O)c2cc(C(=O)Nc3cc(C)ccc3F)ccc2C)cc1. The lowest BCUT2D eigenvalue weighted by Gasteiger charge is -2.13. The van der Waals surface area contributed by atoms with Crippen LogP contribution in [0.4, 0.5) is 15.8 Å². The van der Waals surface area contributed by atoms with Crippen LogP contribution in [0.3, 0.4) is 0 Å². The molecule has 0 saturated heterocycles. The highest BCUT2D eigenvalue weighted by atomic mass is 32.2. The molecule has 0 unspecified atom stereocenters. The first-order valence-electron chi connectivity index (χ1n) is 9.63. The van der Waals surface area contributed by atoms with Gasteiger partial charge in [0.2, 0.25) is 0 Å². The van der Waals surface area contributed by atoms with E-state index in [9.17, 15) is 17.6 Å². The van der Waals surface area contributed by atoms with Crippen molar-refractivity contribution in [3.63, 3.8) is 0 Å². The Balaban J connectivity index is 1.85. The Bertz CT molecular complexity index is 1210. The molecule has 0 aromatic heterocycles. The van der Waals surface area contributed by atoms with Gasteiger partial charge in [-0.3, -0.25) is 9.52 Å². The summed E-state index contributed by atoms with van der Waals surface area (Å²) in [6.45, 7) is 5.77. The van der Waals surface area contributed by atoms with Gasteiger partial charge in [0.15, 0.2) is 0 Å². The van der Waals surface area contributed by atoms with Gasteiger partial charge < -0.3 is 10.1 Å². The van der Waals surface area contributed by atoms with Crippen molar-refractivity contribution in [2.24, 2.45) is 0 Å². The summed E-state index contributed by atoms with van der Waals surface area (Å²) < 4.78 is 47.7. The fourth-order valence-corrected chi connectivity index (χ4v) is 4.29. The fraction of sp³-hybridized carbons (Fsp3) is 0.174. The van der Waals surface area contributed by atoms with Gasteiger partial charge in [0.05, 0.1) is 17.2 Å². The molecule has 1 amide bonds. The Morgan fingerprint density at radius 1 is 1.00 bits per heavy atom. The van der Waals surface area contributed by atoms with E-state index in [-0.39, 0.29) is 16.1 Å². The summed E-state index contributed by atoms with van der Waals surface area (Å²) in [4.78, 5) is 12.6. The van der Waals surface area contributed by atoms with E-state index in [4.69, 9.17) is 4.74 Å². The Kier molecular flexibility index (Phi) is 6.60. The first kappa shape index (κ1) is 22.3. The number of aryl methyl sites for hydroxylation is 2. The molecule has 0 saturated carbocycles. The molecule has 0 aliphatic carbocycles. The van der Waals surface area contributed by atoms with E-state index in [2.05, 4.69) is 10.0 Å². The van der Waals surface area contributed by atoms with E-state index in [1.807, 2.05) is 6.92 Å². The minimum absolute atomic E-state index is 0.0301. The molecule has 162 valence electrons. The van der Waals surface area contributed by atoms with Crippen LogP contribution in [-0.2, 0) is 10.0 Å². The Labute approximate surface area is 181 Å². The Morgan fingerprint density at radius 3 is 2.39 bits per heavy atom. The number of hydrogen-bond acceptors (Lipinski definition) is 4. The van der Waals surface area contributed by atoms with Crippen LogP contribution in [0.5, 0.6) is 5.75 Å². The van der Waals surface area contributed by atoms with Crippen molar-refractivity contribution >= 4 is 27.3 Å². The summed E-state index contributed by atoms with van der Waals surface area (Å²) in [6, 6.07) is 15.2. The molecule has 31 heavy (non-hydrogen) atoms. The number of benzene rings is 3. The van der Waals surface area contributed by atoms with Crippen LogP contribution in [0.2, 0.25) is 0 Å². The van der Waals surface area contributed by atoms with Crippen LogP contribution in [0.1, 0.15) is 28.4 Å². The molecule has 0 fully saturated rings. The molecule has 0 aliphatic heterocycles. The summed E-state index contributed by atoms with van der Waals surface area (Å²) in [7, 11) is -3.96. The number of carbonyl (C=O) groups excluding carboxylic acids is 1. The maximum Gasteiger partial charge on any atom is 0.262 e. The number of anilines is 2. The number of hydrogen-bond donors (Lipinski definition) is 2. The lowest BCUT2D eigenvalue weighted by atomic mass is 10.1. The van der Waals surface area contributed by atoms with Gasteiger partial charge in [-0.05, 0) is 80.4 Å². The molecule has 0 spiro atoms.